The minimum atomic E-state index is 0.954. The average molecular weight is 172 g/mol. The van der Waals surface area contributed by atoms with Crippen LogP contribution in [-0.2, 0) is 0 Å². The molecule has 0 nitrogen and oxygen atoms in total. The highest BCUT2D eigenvalue weighted by Gasteiger charge is 2.16. The molecule has 0 bridgehead atoms. The van der Waals surface area contributed by atoms with Gasteiger partial charge in [0.2, 0.25) is 0 Å². The average Bonchev–Trinajstić information content (AvgIpc) is 1.98. The molecule has 2 unspecified atom stereocenters. The third-order valence-electron chi connectivity index (χ3n) is 2.84. The molecule has 11 heavy (non-hydrogen) atoms. The van der Waals surface area contributed by atoms with Gasteiger partial charge in [-0.2, -0.15) is 11.8 Å². The standard InChI is InChI=1S/C10H20S/c1-9-7-5-3-4-6-8-10(9)11-2/h9-10H,3-8H2,1-2H3. The van der Waals surface area contributed by atoms with Crippen molar-refractivity contribution in [3.05, 3.63) is 0 Å². The summed E-state index contributed by atoms with van der Waals surface area (Å²) in [6.07, 6.45) is 11.1. The first-order valence-corrected chi connectivity index (χ1v) is 6.16. The van der Waals surface area contributed by atoms with Gasteiger partial charge in [-0.3, -0.25) is 0 Å². The van der Waals surface area contributed by atoms with Gasteiger partial charge in [-0.15, -0.1) is 0 Å². The maximum atomic E-state index is 2.42. The molecule has 1 saturated carbocycles. The van der Waals surface area contributed by atoms with Crippen molar-refractivity contribution in [1.29, 1.82) is 0 Å². The molecule has 0 aliphatic heterocycles. The summed E-state index contributed by atoms with van der Waals surface area (Å²) in [6.45, 7) is 2.42. The van der Waals surface area contributed by atoms with E-state index in [4.69, 9.17) is 0 Å². The minimum Gasteiger partial charge on any atom is -0.162 e. The third-order valence-corrected chi connectivity index (χ3v) is 4.14. The molecule has 1 aliphatic rings. The van der Waals surface area contributed by atoms with Crippen LogP contribution in [0, 0.1) is 5.92 Å². The van der Waals surface area contributed by atoms with Crippen molar-refractivity contribution >= 4 is 11.8 Å². The van der Waals surface area contributed by atoms with Crippen LogP contribution >= 0.6 is 11.8 Å². The molecular weight excluding hydrogens is 152 g/mol. The van der Waals surface area contributed by atoms with Crippen LogP contribution in [0.25, 0.3) is 0 Å². The molecule has 2 atom stereocenters. The second-order valence-corrected chi connectivity index (χ2v) is 4.82. The van der Waals surface area contributed by atoms with E-state index in [0.29, 0.717) is 0 Å². The Balaban J connectivity index is 2.33. The molecule has 66 valence electrons. The molecule has 0 aromatic heterocycles. The first-order valence-electron chi connectivity index (χ1n) is 4.87. The molecule has 1 fully saturated rings. The van der Waals surface area contributed by atoms with Gasteiger partial charge in [0, 0.05) is 5.25 Å². The zero-order chi connectivity index (χ0) is 8.10. The van der Waals surface area contributed by atoms with Gasteiger partial charge in [-0.1, -0.05) is 32.6 Å². The van der Waals surface area contributed by atoms with Crippen molar-refractivity contribution in [2.45, 2.75) is 50.7 Å². The lowest BCUT2D eigenvalue weighted by molar-refractivity contribution is 0.415. The highest BCUT2D eigenvalue weighted by Crippen LogP contribution is 2.29. The van der Waals surface area contributed by atoms with Crippen molar-refractivity contribution in [3.8, 4) is 0 Å². The van der Waals surface area contributed by atoms with Crippen molar-refractivity contribution in [3.63, 3.8) is 0 Å². The number of thioether (sulfide) groups is 1. The second kappa shape index (κ2) is 5.08. The number of rotatable bonds is 1. The lowest BCUT2D eigenvalue weighted by Gasteiger charge is -2.24. The summed E-state index contributed by atoms with van der Waals surface area (Å²) in [5.74, 6) is 0.963. The Morgan fingerprint density at radius 3 is 2.27 bits per heavy atom. The van der Waals surface area contributed by atoms with E-state index in [1.165, 1.54) is 38.5 Å². The van der Waals surface area contributed by atoms with Gasteiger partial charge in [0.25, 0.3) is 0 Å². The maximum absolute atomic E-state index is 2.42. The zero-order valence-corrected chi connectivity index (χ0v) is 8.62. The molecule has 1 heteroatoms. The normalized spacial score (nSPS) is 34.4. The minimum absolute atomic E-state index is 0.954. The molecular formula is C10H20S. The predicted molar refractivity (Wildman–Crippen MR) is 54.2 cm³/mol. The van der Waals surface area contributed by atoms with Gasteiger partial charge in [0.15, 0.2) is 0 Å². The highest BCUT2D eigenvalue weighted by molar-refractivity contribution is 7.99. The quantitative estimate of drug-likeness (QED) is 0.581. The van der Waals surface area contributed by atoms with Gasteiger partial charge >= 0.3 is 0 Å². The van der Waals surface area contributed by atoms with Crippen LogP contribution in [0.2, 0.25) is 0 Å². The Labute approximate surface area is 75.1 Å². The van der Waals surface area contributed by atoms with Gasteiger partial charge in [-0.05, 0) is 25.0 Å². The van der Waals surface area contributed by atoms with E-state index in [1.807, 2.05) is 0 Å². The van der Waals surface area contributed by atoms with Crippen LogP contribution in [0.5, 0.6) is 0 Å². The van der Waals surface area contributed by atoms with Crippen LogP contribution < -0.4 is 0 Å². The van der Waals surface area contributed by atoms with Crippen LogP contribution in [0.15, 0.2) is 0 Å². The summed E-state index contributed by atoms with van der Waals surface area (Å²) in [5.41, 5.74) is 0. The van der Waals surface area contributed by atoms with Gasteiger partial charge in [0.05, 0.1) is 0 Å². The van der Waals surface area contributed by atoms with E-state index in [2.05, 4.69) is 24.9 Å². The Morgan fingerprint density at radius 2 is 1.64 bits per heavy atom. The van der Waals surface area contributed by atoms with Gasteiger partial charge in [-0.25, -0.2) is 0 Å². The molecule has 0 heterocycles. The SMILES string of the molecule is CSC1CCCCCCC1C. The van der Waals surface area contributed by atoms with Crippen LogP contribution in [0.1, 0.15) is 45.4 Å². The Hall–Kier alpha value is 0.350. The Bertz CT molecular complexity index is 101. The molecule has 0 radical (unpaired) electrons. The van der Waals surface area contributed by atoms with Crippen molar-refractivity contribution in [2.75, 3.05) is 6.26 Å². The molecule has 0 aromatic carbocycles. The topological polar surface area (TPSA) is 0 Å². The molecule has 0 N–H and O–H groups in total. The summed E-state index contributed by atoms with van der Waals surface area (Å²) < 4.78 is 0. The summed E-state index contributed by atoms with van der Waals surface area (Å²) in [4.78, 5) is 0. The van der Waals surface area contributed by atoms with Crippen molar-refractivity contribution < 1.29 is 0 Å². The van der Waals surface area contributed by atoms with E-state index < -0.39 is 0 Å². The van der Waals surface area contributed by atoms with Crippen LogP contribution in [0.4, 0.5) is 0 Å². The van der Waals surface area contributed by atoms with Crippen molar-refractivity contribution in [2.24, 2.45) is 5.92 Å². The molecule has 1 rings (SSSR count). The molecule has 0 saturated heterocycles. The Kier molecular flexibility index (Phi) is 4.36. The number of hydrogen-bond donors (Lipinski definition) is 0. The lowest BCUT2D eigenvalue weighted by Crippen LogP contribution is -2.15. The fraction of sp³-hybridized carbons (Fsp3) is 1.00. The Morgan fingerprint density at radius 1 is 1.00 bits per heavy atom. The predicted octanol–water partition coefficient (Wildman–Crippen LogP) is 3.71. The third kappa shape index (κ3) is 3.06. The van der Waals surface area contributed by atoms with Crippen molar-refractivity contribution in [1.82, 2.24) is 0 Å². The van der Waals surface area contributed by atoms with E-state index in [1.54, 1.807) is 0 Å². The van der Waals surface area contributed by atoms with Crippen LogP contribution in [0.3, 0.4) is 0 Å². The fourth-order valence-electron chi connectivity index (χ4n) is 1.99. The zero-order valence-electron chi connectivity index (χ0n) is 7.81. The number of hydrogen-bond acceptors (Lipinski definition) is 1. The first-order chi connectivity index (χ1) is 5.34. The van der Waals surface area contributed by atoms with E-state index >= 15 is 0 Å². The summed E-state index contributed by atoms with van der Waals surface area (Å²) in [6, 6.07) is 0. The van der Waals surface area contributed by atoms with E-state index in [-0.39, 0.29) is 0 Å². The maximum Gasteiger partial charge on any atom is 0.00699 e. The van der Waals surface area contributed by atoms with E-state index in [0.717, 1.165) is 11.2 Å². The smallest absolute Gasteiger partial charge is 0.00699 e. The van der Waals surface area contributed by atoms with Gasteiger partial charge < -0.3 is 0 Å². The summed E-state index contributed by atoms with van der Waals surface area (Å²) >= 11 is 2.08. The molecule has 0 spiro atoms. The highest BCUT2D eigenvalue weighted by atomic mass is 32.2. The second-order valence-electron chi connectivity index (χ2n) is 3.74. The molecule has 1 aliphatic carbocycles. The summed E-state index contributed by atoms with van der Waals surface area (Å²) in [7, 11) is 0. The summed E-state index contributed by atoms with van der Waals surface area (Å²) in [5, 5.41) is 0.954. The van der Waals surface area contributed by atoms with E-state index in [9.17, 15) is 0 Å². The lowest BCUT2D eigenvalue weighted by atomic mass is 9.92. The van der Waals surface area contributed by atoms with Crippen LogP contribution in [-0.4, -0.2) is 11.5 Å². The fourth-order valence-corrected chi connectivity index (χ4v) is 2.99. The first kappa shape index (κ1) is 9.44. The monoisotopic (exact) mass is 172 g/mol. The molecule has 0 amide bonds. The largest absolute Gasteiger partial charge is 0.162 e. The molecule has 0 aromatic rings. The van der Waals surface area contributed by atoms with Gasteiger partial charge in [0.1, 0.15) is 0 Å².